The zero-order valence-corrected chi connectivity index (χ0v) is 14.9. The summed E-state index contributed by atoms with van der Waals surface area (Å²) in [5, 5.41) is 0. The number of amides is 1. The van der Waals surface area contributed by atoms with E-state index in [-0.39, 0.29) is 42.7 Å². The van der Waals surface area contributed by atoms with Crippen molar-refractivity contribution in [2.45, 2.75) is 45.6 Å². The number of carbonyl (C=O) groups is 1. The number of carbonyl (C=O) groups excluding carboxylic acids is 1. The van der Waals surface area contributed by atoms with Gasteiger partial charge in [-0.3, -0.25) is 4.79 Å². The largest absolute Gasteiger partial charge is 0.342 e. The number of piperidine rings is 1. The number of hydrogen-bond acceptors (Lipinski definition) is 3. The molecule has 0 bridgehead atoms. The Hall–Kier alpha value is -0.0300. The van der Waals surface area contributed by atoms with Gasteiger partial charge in [-0.1, -0.05) is 13.3 Å². The summed E-state index contributed by atoms with van der Waals surface area (Å²) in [6.07, 6.45) is 5.24. The molecule has 2 fully saturated rings. The second-order valence-corrected chi connectivity index (χ2v) is 6.45. The van der Waals surface area contributed by atoms with Gasteiger partial charge in [0.2, 0.25) is 5.91 Å². The van der Waals surface area contributed by atoms with Gasteiger partial charge in [-0.25, -0.2) is 0 Å². The van der Waals surface area contributed by atoms with E-state index in [1.807, 2.05) is 18.7 Å². The molecule has 0 radical (unpaired) electrons. The lowest BCUT2D eigenvalue weighted by molar-refractivity contribution is -0.134. The van der Waals surface area contributed by atoms with Crippen LogP contribution < -0.4 is 5.73 Å². The van der Waals surface area contributed by atoms with E-state index in [4.69, 9.17) is 5.73 Å². The molecule has 4 nitrogen and oxygen atoms in total. The van der Waals surface area contributed by atoms with Crippen LogP contribution in [0.3, 0.4) is 0 Å². The zero-order chi connectivity index (χ0) is 13.8. The molecule has 126 valence electrons. The highest BCUT2D eigenvalue weighted by molar-refractivity contribution is 5.85. The number of likely N-dealkylation sites (tertiary alicyclic amines) is 2. The second-order valence-electron chi connectivity index (χ2n) is 6.45. The molecule has 2 N–H and O–H groups in total. The van der Waals surface area contributed by atoms with E-state index in [1.54, 1.807) is 0 Å². The highest BCUT2D eigenvalue weighted by Gasteiger charge is 2.31. The van der Waals surface area contributed by atoms with Crippen molar-refractivity contribution in [1.82, 2.24) is 9.80 Å². The molecule has 0 aromatic carbocycles. The third kappa shape index (κ3) is 5.93. The van der Waals surface area contributed by atoms with Crippen molar-refractivity contribution >= 4 is 30.7 Å². The lowest BCUT2D eigenvalue weighted by atomic mass is 10.0. The molecule has 3 atom stereocenters. The standard InChI is InChI=1S/C15H29N3O.2ClH/c1-12(13(2)16)15(19)18-9-6-14(11-18)10-17-7-4-3-5-8-17;;/h12-14H,3-11,16H2,1-2H3;2*1H. The summed E-state index contributed by atoms with van der Waals surface area (Å²) in [6, 6.07) is -0.0476. The third-order valence-corrected chi connectivity index (χ3v) is 4.74. The Labute approximate surface area is 141 Å². The minimum absolute atomic E-state index is 0. The quantitative estimate of drug-likeness (QED) is 0.853. The van der Waals surface area contributed by atoms with Gasteiger partial charge in [0, 0.05) is 25.7 Å². The predicted molar refractivity (Wildman–Crippen MR) is 92.3 cm³/mol. The molecule has 0 aliphatic carbocycles. The molecule has 0 aromatic heterocycles. The number of hydrogen-bond donors (Lipinski definition) is 1. The van der Waals surface area contributed by atoms with Crippen LogP contribution in [-0.4, -0.2) is 54.5 Å². The predicted octanol–water partition coefficient (Wildman–Crippen LogP) is 2.15. The van der Waals surface area contributed by atoms with Crippen molar-refractivity contribution in [3.63, 3.8) is 0 Å². The van der Waals surface area contributed by atoms with Crippen molar-refractivity contribution in [2.24, 2.45) is 17.6 Å². The van der Waals surface area contributed by atoms with Crippen LogP contribution in [0.4, 0.5) is 0 Å². The minimum atomic E-state index is -0.0476. The fraction of sp³-hybridized carbons (Fsp3) is 0.933. The lowest BCUT2D eigenvalue weighted by Crippen LogP contribution is -2.41. The Balaban J connectivity index is 0.00000200. The van der Waals surface area contributed by atoms with Crippen molar-refractivity contribution in [2.75, 3.05) is 32.7 Å². The molecular weight excluding hydrogens is 309 g/mol. The van der Waals surface area contributed by atoms with Crippen LogP contribution in [0.1, 0.15) is 39.5 Å². The maximum Gasteiger partial charge on any atom is 0.226 e. The van der Waals surface area contributed by atoms with E-state index in [2.05, 4.69) is 4.90 Å². The molecule has 21 heavy (non-hydrogen) atoms. The van der Waals surface area contributed by atoms with Gasteiger partial charge in [-0.05, 0) is 45.2 Å². The topological polar surface area (TPSA) is 49.6 Å². The SMILES string of the molecule is CC(N)C(C)C(=O)N1CCC(CN2CCCCC2)C1.Cl.Cl. The first-order valence-corrected chi connectivity index (χ1v) is 7.84. The maximum atomic E-state index is 12.3. The second kappa shape index (κ2) is 9.88. The first-order chi connectivity index (χ1) is 9.08. The van der Waals surface area contributed by atoms with E-state index in [9.17, 15) is 4.79 Å². The minimum Gasteiger partial charge on any atom is -0.342 e. The molecule has 1 amide bonds. The first kappa shape index (κ1) is 21.0. The van der Waals surface area contributed by atoms with Gasteiger partial charge in [0.15, 0.2) is 0 Å². The number of nitrogens with two attached hydrogens (primary N) is 1. The Morgan fingerprint density at radius 2 is 1.76 bits per heavy atom. The van der Waals surface area contributed by atoms with Crippen LogP contribution in [0.15, 0.2) is 0 Å². The first-order valence-electron chi connectivity index (χ1n) is 7.84. The smallest absolute Gasteiger partial charge is 0.226 e. The summed E-state index contributed by atoms with van der Waals surface area (Å²) in [7, 11) is 0. The molecule has 2 saturated heterocycles. The van der Waals surface area contributed by atoms with E-state index >= 15 is 0 Å². The average molecular weight is 340 g/mol. The summed E-state index contributed by atoms with van der Waals surface area (Å²) in [5.41, 5.74) is 5.83. The molecule has 0 spiro atoms. The van der Waals surface area contributed by atoms with Gasteiger partial charge < -0.3 is 15.5 Å². The van der Waals surface area contributed by atoms with Crippen molar-refractivity contribution < 1.29 is 4.79 Å². The van der Waals surface area contributed by atoms with Gasteiger partial charge >= 0.3 is 0 Å². The molecule has 3 unspecified atom stereocenters. The van der Waals surface area contributed by atoms with Crippen LogP contribution in [0.25, 0.3) is 0 Å². The highest BCUT2D eigenvalue weighted by atomic mass is 35.5. The summed E-state index contributed by atoms with van der Waals surface area (Å²) in [6.45, 7) is 9.41. The van der Waals surface area contributed by atoms with Crippen LogP contribution in [0.2, 0.25) is 0 Å². The number of rotatable bonds is 4. The third-order valence-electron chi connectivity index (χ3n) is 4.74. The van der Waals surface area contributed by atoms with Crippen LogP contribution >= 0.6 is 24.8 Å². The van der Waals surface area contributed by atoms with Crippen LogP contribution in [0, 0.1) is 11.8 Å². The monoisotopic (exact) mass is 339 g/mol. The van der Waals surface area contributed by atoms with Crippen molar-refractivity contribution in [3.05, 3.63) is 0 Å². The number of halogens is 2. The van der Waals surface area contributed by atoms with Gasteiger partial charge in [0.25, 0.3) is 0 Å². The van der Waals surface area contributed by atoms with Gasteiger partial charge in [0.1, 0.15) is 0 Å². The van der Waals surface area contributed by atoms with E-state index < -0.39 is 0 Å². The lowest BCUT2D eigenvalue weighted by Gasteiger charge is -2.29. The summed E-state index contributed by atoms with van der Waals surface area (Å²) in [5.74, 6) is 0.868. The Bertz CT molecular complexity index is 309. The fourth-order valence-electron chi connectivity index (χ4n) is 3.20. The Kier molecular flexibility index (Phi) is 9.87. The molecule has 2 heterocycles. The number of nitrogens with zero attached hydrogens (tertiary/aromatic N) is 2. The van der Waals surface area contributed by atoms with Gasteiger partial charge in [0.05, 0.1) is 5.92 Å². The van der Waals surface area contributed by atoms with Crippen molar-refractivity contribution in [3.8, 4) is 0 Å². The molecule has 2 aliphatic heterocycles. The maximum absolute atomic E-state index is 12.3. The summed E-state index contributed by atoms with van der Waals surface area (Å²) < 4.78 is 0. The molecule has 0 saturated carbocycles. The molecule has 6 heteroatoms. The van der Waals surface area contributed by atoms with Crippen LogP contribution in [0.5, 0.6) is 0 Å². The van der Waals surface area contributed by atoms with E-state index in [0.29, 0.717) is 5.92 Å². The van der Waals surface area contributed by atoms with Gasteiger partial charge in [-0.15, -0.1) is 24.8 Å². The molecule has 2 rings (SSSR count). The summed E-state index contributed by atoms with van der Waals surface area (Å²) >= 11 is 0. The van der Waals surface area contributed by atoms with E-state index in [0.717, 1.165) is 19.5 Å². The fourth-order valence-corrected chi connectivity index (χ4v) is 3.20. The van der Waals surface area contributed by atoms with E-state index in [1.165, 1.54) is 38.9 Å². The molecule has 2 aliphatic rings. The normalized spacial score (nSPS) is 25.7. The molecular formula is C15H31Cl2N3O. The molecule has 0 aromatic rings. The zero-order valence-electron chi connectivity index (χ0n) is 13.3. The highest BCUT2D eigenvalue weighted by Crippen LogP contribution is 2.21. The van der Waals surface area contributed by atoms with Crippen molar-refractivity contribution in [1.29, 1.82) is 0 Å². The van der Waals surface area contributed by atoms with Crippen LogP contribution in [-0.2, 0) is 4.79 Å². The average Bonchev–Trinajstić information content (AvgIpc) is 2.86. The summed E-state index contributed by atoms with van der Waals surface area (Å²) in [4.78, 5) is 16.9. The Morgan fingerprint density at radius 1 is 1.14 bits per heavy atom. The van der Waals surface area contributed by atoms with Gasteiger partial charge in [-0.2, -0.15) is 0 Å². The Morgan fingerprint density at radius 3 is 2.33 bits per heavy atom.